The van der Waals surface area contributed by atoms with Gasteiger partial charge in [0, 0.05) is 23.8 Å². The number of nitrogens with zero attached hydrogens (tertiary/aromatic N) is 1. The molecule has 3 aromatic rings. The molecule has 0 aliphatic rings. The fourth-order valence-electron chi connectivity index (χ4n) is 2.27. The molecule has 0 aliphatic carbocycles. The highest BCUT2D eigenvalue weighted by Gasteiger charge is 2.04. The second-order valence-electron chi connectivity index (χ2n) is 4.70. The van der Waals surface area contributed by atoms with Gasteiger partial charge >= 0.3 is 0 Å². The standard InChI is InChI=1S/C17H15FN2O/c1-21-17-8-7-12(10-14(17)18)11-20-16-6-2-5-15-13(16)4-3-9-19-15/h2-10,20H,11H2,1H3. The number of pyridine rings is 1. The van der Waals surface area contributed by atoms with E-state index < -0.39 is 0 Å². The fourth-order valence-corrected chi connectivity index (χ4v) is 2.27. The topological polar surface area (TPSA) is 34.1 Å². The number of rotatable bonds is 4. The number of ether oxygens (including phenoxy) is 1. The lowest BCUT2D eigenvalue weighted by Gasteiger charge is -2.10. The maximum atomic E-state index is 13.7. The summed E-state index contributed by atoms with van der Waals surface area (Å²) >= 11 is 0. The van der Waals surface area contributed by atoms with Gasteiger partial charge in [0.25, 0.3) is 0 Å². The summed E-state index contributed by atoms with van der Waals surface area (Å²) in [4.78, 5) is 4.32. The van der Waals surface area contributed by atoms with Crippen LogP contribution in [0.15, 0.2) is 54.7 Å². The van der Waals surface area contributed by atoms with Gasteiger partial charge in [-0.3, -0.25) is 4.98 Å². The predicted molar refractivity (Wildman–Crippen MR) is 82.0 cm³/mol. The van der Waals surface area contributed by atoms with Crippen LogP contribution in [0.25, 0.3) is 10.9 Å². The molecule has 21 heavy (non-hydrogen) atoms. The Morgan fingerprint density at radius 1 is 1.14 bits per heavy atom. The summed E-state index contributed by atoms with van der Waals surface area (Å²) in [6.45, 7) is 0.537. The molecule has 3 rings (SSSR count). The van der Waals surface area contributed by atoms with E-state index in [1.165, 1.54) is 13.2 Å². The van der Waals surface area contributed by atoms with Gasteiger partial charge in [-0.1, -0.05) is 12.1 Å². The zero-order valence-electron chi connectivity index (χ0n) is 11.6. The van der Waals surface area contributed by atoms with E-state index in [1.807, 2.05) is 36.4 Å². The van der Waals surface area contributed by atoms with E-state index in [1.54, 1.807) is 12.3 Å². The van der Waals surface area contributed by atoms with Crippen molar-refractivity contribution in [3.63, 3.8) is 0 Å². The van der Waals surface area contributed by atoms with Gasteiger partial charge in [0.2, 0.25) is 0 Å². The molecule has 0 atom stereocenters. The number of hydrogen-bond acceptors (Lipinski definition) is 3. The van der Waals surface area contributed by atoms with Crippen molar-refractivity contribution in [2.24, 2.45) is 0 Å². The van der Waals surface area contributed by atoms with E-state index in [0.29, 0.717) is 6.54 Å². The van der Waals surface area contributed by atoms with Crippen LogP contribution in [0, 0.1) is 5.82 Å². The molecular weight excluding hydrogens is 267 g/mol. The van der Waals surface area contributed by atoms with Crippen LogP contribution in [0.5, 0.6) is 5.75 Å². The van der Waals surface area contributed by atoms with Crippen molar-refractivity contribution in [2.75, 3.05) is 12.4 Å². The SMILES string of the molecule is COc1ccc(CNc2cccc3ncccc23)cc1F. The van der Waals surface area contributed by atoms with Crippen LogP contribution in [-0.2, 0) is 6.54 Å². The van der Waals surface area contributed by atoms with Gasteiger partial charge in [-0.15, -0.1) is 0 Å². The molecular formula is C17H15FN2O. The van der Waals surface area contributed by atoms with Crippen LogP contribution >= 0.6 is 0 Å². The minimum atomic E-state index is -0.351. The molecule has 0 spiro atoms. The zero-order valence-corrected chi connectivity index (χ0v) is 11.6. The number of hydrogen-bond donors (Lipinski definition) is 1. The molecule has 3 nitrogen and oxygen atoms in total. The smallest absolute Gasteiger partial charge is 0.165 e. The lowest BCUT2D eigenvalue weighted by molar-refractivity contribution is 0.386. The Balaban J connectivity index is 1.82. The average molecular weight is 282 g/mol. The molecule has 0 saturated carbocycles. The van der Waals surface area contributed by atoms with Crippen molar-refractivity contribution in [1.29, 1.82) is 0 Å². The van der Waals surface area contributed by atoms with Gasteiger partial charge < -0.3 is 10.1 Å². The van der Waals surface area contributed by atoms with Crippen molar-refractivity contribution in [3.05, 3.63) is 66.1 Å². The average Bonchev–Trinajstić information content (AvgIpc) is 2.53. The first kappa shape index (κ1) is 13.4. The molecule has 0 fully saturated rings. The van der Waals surface area contributed by atoms with E-state index in [2.05, 4.69) is 10.3 Å². The molecule has 1 N–H and O–H groups in total. The van der Waals surface area contributed by atoms with Gasteiger partial charge in [-0.05, 0) is 42.0 Å². The van der Waals surface area contributed by atoms with Gasteiger partial charge in [0.1, 0.15) is 0 Å². The maximum Gasteiger partial charge on any atom is 0.165 e. The second-order valence-corrected chi connectivity index (χ2v) is 4.70. The molecule has 0 aliphatic heterocycles. The highest BCUT2D eigenvalue weighted by Crippen LogP contribution is 2.23. The van der Waals surface area contributed by atoms with Crippen LogP contribution in [0.3, 0.4) is 0 Å². The molecule has 106 valence electrons. The predicted octanol–water partition coefficient (Wildman–Crippen LogP) is 3.99. The van der Waals surface area contributed by atoms with E-state index >= 15 is 0 Å². The van der Waals surface area contributed by atoms with E-state index in [9.17, 15) is 4.39 Å². The third-order valence-electron chi connectivity index (χ3n) is 3.34. The summed E-state index contributed by atoms with van der Waals surface area (Å²) < 4.78 is 18.6. The van der Waals surface area contributed by atoms with Crippen LogP contribution < -0.4 is 10.1 Å². The first-order chi connectivity index (χ1) is 10.3. The minimum absolute atomic E-state index is 0.258. The van der Waals surface area contributed by atoms with Crippen molar-refractivity contribution < 1.29 is 9.13 Å². The van der Waals surface area contributed by atoms with Crippen molar-refractivity contribution >= 4 is 16.6 Å². The van der Waals surface area contributed by atoms with Gasteiger partial charge in [-0.25, -0.2) is 4.39 Å². The van der Waals surface area contributed by atoms with Crippen molar-refractivity contribution in [1.82, 2.24) is 4.98 Å². The molecule has 1 heterocycles. The molecule has 0 unspecified atom stereocenters. The van der Waals surface area contributed by atoms with Crippen LogP contribution in [0.4, 0.5) is 10.1 Å². The number of benzene rings is 2. The quantitative estimate of drug-likeness (QED) is 0.785. The number of halogens is 1. The monoisotopic (exact) mass is 282 g/mol. The number of aromatic nitrogens is 1. The zero-order chi connectivity index (χ0) is 14.7. The normalized spacial score (nSPS) is 10.6. The van der Waals surface area contributed by atoms with Gasteiger partial charge in [0.15, 0.2) is 11.6 Å². The lowest BCUT2D eigenvalue weighted by Crippen LogP contribution is -2.01. The Bertz CT molecular complexity index is 768. The summed E-state index contributed by atoms with van der Waals surface area (Å²) in [7, 11) is 1.46. The third-order valence-corrected chi connectivity index (χ3v) is 3.34. The summed E-state index contributed by atoms with van der Waals surface area (Å²) in [5, 5.41) is 4.37. The van der Waals surface area contributed by atoms with Crippen molar-refractivity contribution in [2.45, 2.75) is 6.54 Å². The van der Waals surface area contributed by atoms with Crippen molar-refractivity contribution in [3.8, 4) is 5.75 Å². The Morgan fingerprint density at radius 2 is 2.05 bits per heavy atom. The lowest BCUT2D eigenvalue weighted by atomic mass is 10.1. The number of methoxy groups -OCH3 is 1. The Morgan fingerprint density at radius 3 is 2.86 bits per heavy atom. The summed E-state index contributed by atoms with van der Waals surface area (Å²) in [5.74, 6) is -0.0931. The molecule has 1 aromatic heterocycles. The maximum absolute atomic E-state index is 13.7. The molecule has 0 saturated heterocycles. The summed E-state index contributed by atoms with van der Waals surface area (Å²) in [6.07, 6.45) is 1.77. The summed E-state index contributed by atoms with van der Waals surface area (Å²) in [5.41, 5.74) is 2.77. The second kappa shape index (κ2) is 5.79. The van der Waals surface area contributed by atoms with E-state index in [0.717, 1.165) is 22.2 Å². The Hall–Kier alpha value is -2.62. The molecule has 2 aromatic carbocycles. The van der Waals surface area contributed by atoms with Gasteiger partial charge in [0.05, 0.1) is 12.6 Å². The highest BCUT2D eigenvalue weighted by molar-refractivity contribution is 5.91. The first-order valence-electron chi connectivity index (χ1n) is 6.68. The molecule has 0 amide bonds. The van der Waals surface area contributed by atoms with Gasteiger partial charge in [-0.2, -0.15) is 0 Å². The molecule has 0 radical (unpaired) electrons. The van der Waals surface area contributed by atoms with Crippen LogP contribution in [0.2, 0.25) is 0 Å². The largest absolute Gasteiger partial charge is 0.494 e. The number of nitrogens with one attached hydrogen (secondary N) is 1. The van der Waals surface area contributed by atoms with E-state index in [4.69, 9.17) is 4.74 Å². The minimum Gasteiger partial charge on any atom is -0.494 e. The van der Waals surface area contributed by atoms with Crippen LogP contribution in [0.1, 0.15) is 5.56 Å². The van der Waals surface area contributed by atoms with E-state index in [-0.39, 0.29) is 11.6 Å². The fraction of sp³-hybridized carbons (Fsp3) is 0.118. The third kappa shape index (κ3) is 2.79. The molecule has 4 heteroatoms. The number of anilines is 1. The Kier molecular flexibility index (Phi) is 3.69. The summed E-state index contributed by atoms with van der Waals surface area (Å²) in [6, 6.07) is 14.8. The highest BCUT2D eigenvalue weighted by atomic mass is 19.1. The van der Waals surface area contributed by atoms with Crippen LogP contribution in [-0.4, -0.2) is 12.1 Å². The Labute approximate surface area is 122 Å². The number of fused-ring (bicyclic) bond motifs is 1. The first-order valence-corrected chi connectivity index (χ1v) is 6.68. The molecule has 0 bridgehead atoms.